The lowest BCUT2D eigenvalue weighted by atomic mass is 9.99. The van der Waals surface area contributed by atoms with Crippen molar-refractivity contribution in [2.45, 2.75) is 6.92 Å². The van der Waals surface area contributed by atoms with E-state index in [-0.39, 0.29) is 11.8 Å². The van der Waals surface area contributed by atoms with Crippen LogP contribution in [-0.2, 0) is 9.53 Å². The highest BCUT2D eigenvalue weighted by Gasteiger charge is 2.29. The molecule has 8 heteroatoms. The molecule has 8 nitrogen and oxygen atoms in total. The van der Waals surface area contributed by atoms with Crippen molar-refractivity contribution in [2.24, 2.45) is 0 Å². The summed E-state index contributed by atoms with van der Waals surface area (Å²) < 4.78 is 4.82. The molecule has 2 heterocycles. The summed E-state index contributed by atoms with van der Waals surface area (Å²) in [6.45, 7) is 6.36. The number of ether oxygens (including phenoxy) is 1. The van der Waals surface area contributed by atoms with Crippen LogP contribution in [0.4, 0.5) is 11.4 Å². The number of methoxy groups -OCH3 is 1. The topological polar surface area (TPSA) is 91.0 Å². The zero-order valence-electron chi connectivity index (χ0n) is 21.5. The normalized spacial score (nSPS) is 16.5. The zero-order valence-corrected chi connectivity index (χ0v) is 21.5. The minimum Gasteiger partial charge on any atom is -0.465 e. The van der Waals surface area contributed by atoms with Gasteiger partial charge in [0, 0.05) is 43.0 Å². The van der Waals surface area contributed by atoms with Gasteiger partial charge in [-0.1, -0.05) is 43.3 Å². The van der Waals surface area contributed by atoms with Gasteiger partial charge in [-0.25, -0.2) is 4.79 Å². The fraction of sp³-hybridized carbons (Fsp3) is 0.233. The van der Waals surface area contributed by atoms with Gasteiger partial charge < -0.3 is 25.2 Å². The Labute approximate surface area is 221 Å². The Bertz CT molecular complexity index is 1390. The van der Waals surface area contributed by atoms with E-state index < -0.39 is 5.97 Å². The molecule has 194 valence electrons. The maximum atomic E-state index is 13.2. The number of esters is 1. The Balaban J connectivity index is 1.45. The number of hydrogen-bond acceptors (Lipinski definition) is 6. The first-order valence-corrected chi connectivity index (χ1v) is 12.7. The van der Waals surface area contributed by atoms with E-state index in [0.29, 0.717) is 33.6 Å². The molecule has 1 fully saturated rings. The van der Waals surface area contributed by atoms with Crippen LogP contribution in [-0.4, -0.2) is 67.4 Å². The first kappa shape index (κ1) is 25.2. The molecule has 3 aromatic rings. The Hall–Kier alpha value is -4.43. The van der Waals surface area contributed by atoms with Crippen LogP contribution in [0.2, 0.25) is 0 Å². The Kier molecular flexibility index (Phi) is 7.24. The highest BCUT2D eigenvalue weighted by molar-refractivity contribution is 6.37. The van der Waals surface area contributed by atoms with Crippen molar-refractivity contribution in [1.82, 2.24) is 9.80 Å². The monoisotopic (exact) mass is 510 g/mol. The standard InChI is InChI=1S/C30H30N4O4/c1-3-33-15-17-34(18-16-33)29(36)21-9-12-23(13-10-21)31-27(20-7-5-4-6-8-20)26-24-14-11-22(30(37)38-2)19-25(24)32-28(26)35/h4-14,19,31H,3,15-18H2,1-2H3,(H,32,35)/b27-26-. The molecular weight excluding hydrogens is 480 g/mol. The van der Waals surface area contributed by atoms with Crippen LogP contribution < -0.4 is 10.6 Å². The number of fused-ring (bicyclic) bond motifs is 1. The summed E-state index contributed by atoms with van der Waals surface area (Å²) in [4.78, 5) is 42.4. The highest BCUT2D eigenvalue weighted by atomic mass is 16.5. The number of hydrogen-bond donors (Lipinski definition) is 2. The van der Waals surface area contributed by atoms with Crippen molar-refractivity contribution < 1.29 is 19.1 Å². The molecule has 0 aliphatic carbocycles. The molecule has 0 radical (unpaired) electrons. The van der Waals surface area contributed by atoms with E-state index in [2.05, 4.69) is 22.5 Å². The lowest BCUT2D eigenvalue weighted by Crippen LogP contribution is -2.48. The maximum absolute atomic E-state index is 13.2. The molecular formula is C30H30N4O4. The van der Waals surface area contributed by atoms with E-state index in [1.807, 2.05) is 59.5 Å². The molecule has 1 saturated heterocycles. The molecule has 0 spiro atoms. The number of rotatable bonds is 6. The van der Waals surface area contributed by atoms with Gasteiger partial charge in [0.2, 0.25) is 0 Å². The van der Waals surface area contributed by atoms with E-state index >= 15 is 0 Å². The lowest BCUT2D eigenvalue weighted by molar-refractivity contribution is -0.110. The van der Waals surface area contributed by atoms with Crippen LogP contribution in [0.25, 0.3) is 11.3 Å². The first-order chi connectivity index (χ1) is 18.5. The average Bonchev–Trinajstić information content (AvgIpc) is 3.30. The summed E-state index contributed by atoms with van der Waals surface area (Å²) in [5.74, 6) is -0.714. The average molecular weight is 511 g/mol. The summed E-state index contributed by atoms with van der Waals surface area (Å²) in [6.07, 6.45) is 0. The number of benzene rings is 3. The lowest BCUT2D eigenvalue weighted by Gasteiger charge is -2.34. The number of carbonyl (C=O) groups excluding carboxylic acids is 3. The highest BCUT2D eigenvalue weighted by Crippen LogP contribution is 2.38. The molecule has 2 aliphatic rings. The molecule has 5 rings (SSSR count). The van der Waals surface area contributed by atoms with Gasteiger partial charge >= 0.3 is 5.97 Å². The molecule has 0 atom stereocenters. The number of nitrogens with one attached hydrogen (secondary N) is 2. The smallest absolute Gasteiger partial charge is 0.337 e. The van der Waals surface area contributed by atoms with Gasteiger partial charge in [0.1, 0.15) is 0 Å². The van der Waals surface area contributed by atoms with Gasteiger partial charge in [-0.2, -0.15) is 0 Å². The van der Waals surface area contributed by atoms with Crippen LogP contribution >= 0.6 is 0 Å². The Morgan fingerprint density at radius 2 is 1.58 bits per heavy atom. The van der Waals surface area contributed by atoms with Crippen molar-refractivity contribution in [3.8, 4) is 0 Å². The third kappa shape index (κ3) is 5.03. The zero-order chi connectivity index (χ0) is 26.6. The second-order valence-corrected chi connectivity index (χ2v) is 9.25. The van der Waals surface area contributed by atoms with Gasteiger partial charge in [0.15, 0.2) is 0 Å². The van der Waals surface area contributed by atoms with Gasteiger partial charge in [0.05, 0.1) is 29.6 Å². The van der Waals surface area contributed by atoms with Crippen molar-refractivity contribution in [3.05, 3.63) is 95.1 Å². The SMILES string of the molecule is CCN1CCN(C(=O)c2ccc(N/C(=C3\C(=O)Nc4cc(C(=O)OC)ccc43)c3ccccc3)cc2)CC1. The fourth-order valence-corrected chi connectivity index (χ4v) is 4.84. The van der Waals surface area contributed by atoms with Gasteiger partial charge in [0.25, 0.3) is 11.8 Å². The van der Waals surface area contributed by atoms with Crippen LogP contribution in [0.1, 0.15) is 38.8 Å². The van der Waals surface area contributed by atoms with Crippen LogP contribution in [0.5, 0.6) is 0 Å². The second-order valence-electron chi connectivity index (χ2n) is 9.25. The number of likely N-dealkylation sites (N-methyl/N-ethyl adjacent to an activating group) is 1. The minimum atomic E-state index is -0.470. The first-order valence-electron chi connectivity index (χ1n) is 12.7. The maximum Gasteiger partial charge on any atom is 0.337 e. The van der Waals surface area contributed by atoms with E-state index in [1.165, 1.54) is 7.11 Å². The number of amides is 2. The fourth-order valence-electron chi connectivity index (χ4n) is 4.84. The van der Waals surface area contributed by atoms with Crippen molar-refractivity contribution >= 4 is 40.4 Å². The molecule has 3 aromatic carbocycles. The third-order valence-electron chi connectivity index (χ3n) is 7.01. The third-order valence-corrected chi connectivity index (χ3v) is 7.01. The predicted octanol–water partition coefficient (Wildman–Crippen LogP) is 4.18. The number of piperazine rings is 1. The molecule has 38 heavy (non-hydrogen) atoms. The Morgan fingerprint density at radius 1 is 0.895 bits per heavy atom. The number of carbonyl (C=O) groups is 3. The number of anilines is 2. The van der Waals surface area contributed by atoms with Gasteiger partial charge in [-0.05, 0) is 48.5 Å². The second kappa shape index (κ2) is 10.9. The predicted molar refractivity (Wildman–Crippen MR) is 148 cm³/mol. The summed E-state index contributed by atoms with van der Waals surface area (Å²) >= 11 is 0. The number of nitrogens with zero attached hydrogens (tertiary/aromatic N) is 2. The van der Waals surface area contributed by atoms with Crippen molar-refractivity contribution in [3.63, 3.8) is 0 Å². The summed E-state index contributed by atoms with van der Waals surface area (Å²) in [7, 11) is 1.32. The van der Waals surface area contributed by atoms with E-state index in [0.717, 1.165) is 44.0 Å². The molecule has 0 aromatic heterocycles. The van der Waals surface area contributed by atoms with Crippen LogP contribution in [0.3, 0.4) is 0 Å². The Morgan fingerprint density at radius 3 is 2.24 bits per heavy atom. The molecule has 2 aliphatic heterocycles. The van der Waals surface area contributed by atoms with Crippen LogP contribution in [0, 0.1) is 0 Å². The molecule has 0 saturated carbocycles. The van der Waals surface area contributed by atoms with Crippen molar-refractivity contribution in [2.75, 3.05) is 50.5 Å². The minimum absolute atomic E-state index is 0.0273. The largest absolute Gasteiger partial charge is 0.465 e. The summed E-state index contributed by atoms with van der Waals surface area (Å²) in [5.41, 5.74) is 4.90. The summed E-state index contributed by atoms with van der Waals surface area (Å²) in [5, 5.41) is 6.28. The quantitative estimate of drug-likeness (QED) is 0.382. The van der Waals surface area contributed by atoms with E-state index in [1.54, 1.807) is 18.2 Å². The summed E-state index contributed by atoms with van der Waals surface area (Å²) in [6, 6.07) is 21.9. The van der Waals surface area contributed by atoms with Gasteiger partial charge in [-0.15, -0.1) is 0 Å². The van der Waals surface area contributed by atoms with Crippen LogP contribution in [0.15, 0.2) is 72.8 Å². The van der Waals surface area contributed by atoms with E-state index in [4.69, 9.17) is 4.74 Å². The van der Waals surface area contributed by atoms with E-state index in [9.17, 15) is 14.4 Å². The molecule has 2 N–H and O–H groups in total. The molecule has 0 unspecified atom stereocenters. The van der Waals surface area contributed by atoms with Crippen molar-refractivity contribution in [1.29, 1.82) is 0 Å². The molecule has 2 amide bonds. The van der Waals surface area contributed by atoms with Gasteiger partial charge in [-0.3, -0.25) is 9.59 Å². The molecule has 0 bridgehead atoms.